The van der Waals surface area contributed by atoms with Crippen molar-refractivity contribution >= 4 is 34.0 Å². The molecule has 0 radical (unpaired) electrons. The zero-order valence-corrected chi connectivity index (χ0v) is 19.5. The first-order chi connectivity index (χ1) is 16.4. The lowest BCUT2D eigenvalue weighted by molar-refractivity contribution is -0.153. The van der Waals surface area contributed by atoms with E-state index in [1.165, 1.54) is 4.90 Å². The van der Waals surface area contributed by atoms with Crippen LogP contribution in [-0.2, 0) is 20.8 Å². The van der Waals surface area contributed by atoms with Crippen LogP contribution in [0.1, 0.15) is 23.1 Å². The number of hydrogen-bond acceptors (Lipinski definition) is 8. The molecule has 5 rings (SSSR count). The van der Waals surface area contributed by atoms with Gasteiger partial charge >= 0.3 is 0 Å². The molecule has 0 aliphatic heterocycles. The highest BCUT2D eigenvalue weighted by Crippen LogP contribution is 2.53. The van der Waals surface area contributed by atoms with E-state index in [0.29, 0.717) is 10.9 Å². The Balaban J connectivity index is 1.76. The highest BCUT2D eigenvalue weighted by atomic mass is 16.3. The summed E-state index contributed by atoms with van der Waals surface area (Å²) in [5.74, 6) is -6.47. The summed E-state index contributed by atoms with van der Waals surface area (Å²) in [7, 11) is 3.14. The Kier molecular flexibility index (Phi) is 4.88. The van der Waals surface area contributed by atoms with Crippen molar-refractivity contribution in [1.29, 1.82) is 0 Å². The van der Waals surface area contributed by atoms with Gasteiger partial charge in [-0.25, -0.2) is 0 Å². The van der Waals surface area contributed by atoms with Crippen LogP contribution in [0.4, 0.5) is 0 Å². The number of aliphatic hydroxyl groups is 3. The Morgan fingerprint density at radius 1 is 1.14 bits per heavy atom. The van der Waals surface area contributed by atoms with Crippen molar-refractivity contribution in [3.63, 3.8) is 0 Å². The smallest absolute Gasteiger partial charge is 0.255 e. The molecule has 0 saturated heterocycles. The third-order valence-corrected chi connectivity index (χ3v) is 7.68. The maximum Gasteiger partial charge on any atom is 0.255 e. The number of carbonyl (C=O) groups excluding carboxylic acids is 3. The molecule has 1 amide bonds. The van der Waals surface area contributed by atoms with E-state index in [1.807, 2.05) is 25.1 Å². The number of benzene rings is 2. The molecule has 3 aliphatic rings. The van der Waals surface area contributed by atoms with Crippen molar-refractivity contribution in [3.05, 3.63) is 57.9 Å². The van der Waals surface area contributed by atoms with Gasteiger partial charge in [-0.3, -0.25) is 19.3 Å². The van der Waals surface area contributed by atoms with E-state index in [2.05, 4.69) is 0 Å². The van der Waals surface area contributed by atoms with E-state index >= 15 is 0 Å². The van der Waals surface area contributed by atoms with Gasteiger partial charge in [0.2, 0.25) is 5.78 Å². The SMILES string of the molecule is Cc1ccc2cc3c(c(O)c2c1)C(O)=C1C(=O)[C@]2(O)C(O)=C(C(N)=O)C(=O)[C@@H](N(C)C)[C@@H]2C[C@@H]1C3. The van der Waals surface area contributed by atoms with Crippen LogP contribution in [-0.4, -0.2) is 68.5 Å². The summed E-state index contributed by atoms with van der Waals surface area (Å²) < 4.78 is 0. The van der Waals surface area contributed by atoms with E-state index in [9.17, 15) is 34.8 Å². The Hall–Kier alpha value is -3.69. The second kappa shape index (κ2) is 7.40. The fourth-order valence-electron chi connectivity index (χ4n) is 6.12. The van der Waals surface area contributed by atoms with E-state index in [0.717, 1.165) is 10.9 Å². The molecular weight excluding hydrogens is 452 g/mol. The standard InChI is InChI=1S/C26H26N2O7/c1-10-4-5-11-7-12-8-13-9-15-19(28(2)3)22(31)18(25(27)34)24(33)26(15,35)23(32)17(13)21(30)16(12)20(29)14(11)6-10/h4-7,13,15,19,29-30,33,35H,8-9H2,1-3H3,(H2,27,34)/t13-,15-,19-,26-/m0/s1. The van der Waals surface area contributed by atoms with Crippen LogP contribution >= 0.6 is 0 Å². The van der Waals surface area contributed by atoms with Crippen molar-refractivity contribution in [2.45, 2.75) is 31.4 Å². The van der Waals surface area contributed by atoms with Crippen LogP contribution in [0.5, 0.6) is 5.75 Å². The average Bonchev–Trinajstić information content (AvgIpc) is 2.76. The number of nitrogens with two attached hydrogens (primary N) is 1. The number of phenols is 1. The molecule has 1 fully saturated rings. The number of nitrogens with zero attached hydrogens (tertiary/aromatic N) is 1. The number of aryl methyl sites for hydroxylation is 1. The fraction of sp³-hybridized carbons (Fsp3) is 0.346. The number of likely N-dealkylation sites (N-methyl/N-ethyl adjacent to an activating group) is 1. The van der Waals surface area contributed by atoms with Gasteiger partial charge in [0.05, 0.1) is 11.6 Å². The zero-order valence-electron chi connectivity index (χ0n) is 19.5. The van der Waals surface area contributed by atoms with Crippen LogP contribution < -0.4 is 5.73 Å². The van der Waals surface area contributed by atoms with Gasteiger partial charge in [0.25, 0.3) is 5.91 Å². The lowest BCUT2D eigenvalue weighted by atomic mass is 9.57. The number of Topliss-reactive ketones (excluding diaryl/α,β-unsaturated/α-hetero) is 2. The molecule has 0 unspecified atom stereocenters. The van der Waals surface area contributed by atoms with Gasteiger partial charge in [0.15, 0.2) is 11.4 Å². The molecule has 9 heteroatoms. The molecule has 4 atom stereocenters. The Bertz CT molecular complexity index is 1420. The first-order valence-corrected chi connectivity index (χ1v) is 11.3. The maximum absolute atomic E-state index is 13.8. The quantitative estimate of drug-likeness (QED) is 0.405. The molecule has 0 aromatic heterocycles. The van der Waals surface area contributed by atoms with Gasteiger partial charge < -0.3 is 26.2 Å². The highest BCUT2D eigenvalue weighted by Gasteiger charge is 2.64. The summed E-state index contributed by atoms with van der Waals surface area (Å²) >= 11 is 0. The second-order valence-electron chi connectivity index (χ2n) is 9.95. The van der Waals surface area contributed by atoms with Gasteiger partial charge in [-0.15, -0.1) is 0 Å². The summed E-state index contributed by atoms with van der Waals surface area (Å²) in [4.78, 5) is 40.4. The molecule has 3 aliphatic carbocycles. The molecule has 0 heterocycles. The fourth-order valence-corrected chi connectivity index (χ4v) is 6.12. The van der Waals surface area contributed by atoms with Crippen LogP contribution in [0.25, 0.3) is 16.5 Å². The lowest BCUT2D eigenvalue weighted by Gasteiger charge is -2.50. The van der Waals surface area contributed by atoms with Crippen LogP contribution in [0.2, 0.25) is 0 Å². The van der Waals surface area contributed by atoms with Gasteiger partial charge in [0.1, 0.15) is 22.8 Å². The number of carbonyl (C=O) groups is 3. The summed E-state index contributed by atoms with van der Waals surface area (Å²) in [5.41, 5.74) is 3.35. The number of hydrogen-bond donors (Lipinski definition) is 5. The lowest BCUT2D eigenvalue weighted by Crippen LogP contribution is -2.65. The van der Waals surface area contributed by atoms with E-state index in [4.69, 9.17) is 5.73 Å². The van der Waals surface area contributed by atoms with E-state index < -0.39 is 58.0 Å². The number of phenolic OH excluding ortho intramolecular Hbond substituents is 1. The molecule has 1 saturated carbocycles. The molecule has 6 N–H and O–H groups in total. The Labute approximate surface area is 200 Å². The number of amides is 1. The predicted octanol–water partition coefficient (Wildman–Crippen LogP) is 1.43. The number of ketones is 2. The van der Waals surface area contributed by atoms with Gasteiger partial charge in [-0.05, 0) is 56.8 Å². The van der Waals surface area contributed by atoms with Crippen LogP contribution in [0, 0.1) is 18.8 Å². The first-order valence-electron chi connectivity index (χ1n) is 11.3. The molecule has 2 aromatic carbocycles. The summed E-state index contributed by atoms with van der Waals surface area (Å²) in [6.45, 7) is 1.87. The first kappa shape index (κ1) is 23.1. The van der Waals surface area contributed by atoms with E-state index in [-0.39, 0.29) is 29.7 Å². The number of aromatic hydroxyl groups is 1. The molecule has 9 nitrogen and oxygen atoms in total. The van der Waals surface area contributed by atoms with Crippen LogP contribution in [0.15, 0.2) is 41.2 Å². The Morgan fingerprint density at radius 3 is 2.46 bits per heavy atom. The van der Waals surface area contributed by atoms with Gasteiger partial charge in [-0.2, -0.15) is 0 Å². The van der Waals surface area contributed by atoms with Crippen molar-refractivity contribution in [3.8, 4) is 5.75 Å². The van der Waals surface area contributed by atoms with Crippen molar-refractivity contribution < 1.29 is 34.8 Å². The number of primary amides is 1. The number of aliphatic hydroxyl groups excluding tert-OH is 2. The minimum atomic E-state index is -2.63. The van der Waals surface area contributed by atoms with Gasteiger partial charge in [-0.1, -0.05) is 23.8 Å². The third-order valence-electron chi connectivity index (χ3n) is 7.68. The maximum atomic E-state index is 13.8. The van der Waals surface area contributed by atoms with Crippen LogP contribution in [0.3, 0.4) is 0 Å². The van der Waals surface area contributed by atoms with E-state index in [1.54, 1.807) is 20.2 Å². The van der Waals surface area contributed by atoms with Crippen molar-refractivity contribution in [2.24, 2.45) is 17.6 Å². The van der Waals surface area contributed by atoms with Crippen molar-refractivity contribution in [1.82, 2.24) is 4.90 Å². The highest BCUT2D eigenvalue weighted by molar-refractivity contribution is 6.24. The molecule has 0 bridgehead atoms. The molecular formula is C26H26N2O7. The molecule has 2 aromatic rings. The monoisotopic (exact) mass is 478 g/mol. The topological polar surface area (TPSA) is 161 Å². The van der Waals surface area contributed by atoms with Gasteiger partial charge in [0, 0.05) is 16.9 Å². The third kappa shape index (κ3) is 2.91. The number of rotatable bonds is 2. The summed E-state index contributed by atoms with van der Waals surface area (Å²) in [6, 6.07) is 6.29. The number of fused-ring (bicyclic) bond motifs is 4. The second-order valence-corrected chi connectivity index (χ2v) is 9.95. The molecule has 35 heavy (non-hydrogen) atoms. The predicted molar refractivity (Wildman–Crippen MR) is 126 cm³/mol. The largest absolute Gasteiger partial charge is 0.508 e. The normalized spacial score (nSPS) is 28.3. The summed E-state index contributed by atoms with van der Waals surface area (Å²) in [5, 5.41) is 46.0. The molecule has 182 valence electrons. The zero-order chi connectivity index (χ0) is 25.6. The average molecular weight is 479 g/mol. The summed E-state index contributed by atoms with van der Waals surface area (Å²) in [6.07, 6.45) is 0.338. The van der Waals surface area contributed by atoms with Crippen molar-refractivity contribution in [2.75, 3.05) is 14.1 Å². The molecule has 0 spiro atoms. The Morgan fingerprint density at radius 2 is 1.83 bits per heavy atom. The minimum Gasteiger partial charge on any atom is -0.508 e. The minimum absolute atomic E-state index is 0.0679.